The van der Waals surface area contributed by atoms with Crippen molar-refractivity contribution in [3.8, 4) is 5.75 Å². The summed E-state index contributed by atoms with van der Waals surface area (Å²) < 4.78 is 32.2. The van der Waals surface area contributed by atoms with E-state index in [1.165, 1.54) is 39.2 Å². The van der Waals surface area contributed by atoms with Crippen LogP contribution in [0.3, 0.4) is 0 Å². The molecule has 1 aromatic rings. The second-order valence-electron chi connectivity index (χ2n) is 5.18. The number of ether oxygens (including phenoxy) is 1. The molecule has 0 aliphatic rings. The van der Waals surface area contributed by atoms with Crippen LogP contribution in [0.1, 0.15) is 27.2 Å². The first-order chi connectivity index (χ1) is 11.2. The van der Waals surface area contributed by atoms with Gasteiger partial charge in [0.2, 0.25) is 21.8 Å². The number of carbonyl (C=O) groups is 2. The number of hydrogen-bond acceptors (Lipinski definition) is 5. The Kier molecular flexibility index (Phi) is 7.18. The second-order valence-corrected chi connectivity index (χ2v) is 6.89. The standard InChI is InChI=1S/C15H23N3O5S/c1-5-8-16-15(20)10(2)18-24(21,22)12-6-7-14(23-4)13(9-12)17-11(3)19/h6-7,9-10,18H,5,8H2,1-4H3,(H,16,20)(H,17,19)/t10-/m0/s1. The molecule has 0 heterocycles. The molecule has 0 bridgehead atoms. The third-order valence-corrected chi connectivity index (χ3v) is 4.60. The van der Waals surface area contributed by atoms with Gasteiger partial charge in [-0.3, -0.25) is 9.59 Å². The smallest absolute Gasteiger partial charge is 0.241 e. The van der Waals surface area contributed by atoms with Crippen LogP contribution in [0, 0.1) is 0 Å². The number of anilines is 1. The zero-order valence-corrected chi connectivity index (χ0v) is 15.0. The molecule has 8 nitrogen and oxygen atoms in total. The molecule has 1 rings (SSSR count). The molecule has 134 valence electrons. The van der Waals surface area contributed by atoms with E-state index in [9.17, 15) is 18.0 Å². The number of hydrogen-bond donors (Lipinski definition) is 3. The quantitative estimate of drug-likeness (QED) is 0.638. The molecule has 1 aromatic carbocycles. The van der Waals surface area contributed by atoms with E-state index >= 15 is 0 Å². The van der Waals surface area contributed by atoms with E-state index in [1.807, 2.05) is 6.92 Å². The summed E-state index contributed by atoms with van der Waals surface area (Å²) in [6, 6.07) is 3.12. The van der Waals surface area contributed by atoms with E-state index in [2.05, 4.69) is 15.4 Å². The van der Waals surface area contributed by atoms with Crippen molar-refractivity contribution in [1.82, 2.24) is 10.0 Å². The first-order valence-corrected chi connectivity index (χ1v) is 8.95. The largest absolute Gasteiger partial charge is 0.495 e. The molecule has 0 aromatic heterocycles. The Labute approximate surface area is 142 Å². The van der Waals surface area contributed by atoms with Crippen molar-refractivity contribution < 1.29 is 22.7 Å². The molecule has 9 heteroatoms. The van der Waals surface area contributed by atoms with E-state index in [0.29, 0.717) is 12.3 Å². The molecule has 0 saturated heterocycles. The summed E-state index contributed by atoms with van der Waals surface area (Å²) in [5, 5.41) is 5.12. The molecule has 0 spiro atoms. The van der Waals surface area contributed by atoms with Crippen LogP contribution in [-0.2, 0) is 19.6 Å². The van der Waals surface area contributed by atoms with Crippen molar-refractivity contribution in [2.24, 2.45) is 0 Å². The second kappa shape index (κ2) is 8.65. The van der Waals surface area contributed by atoms with Gasteiger partial charge in [-0.1, -0.05) is 6.92 Å². The minimum absolute atomic E-state index is 0.0813. The number of nitrogens with one attached hydrogen (secondary N) is 3. The van der Waals surface area contributed by atoms with Gasteiger partial charge in [0.15, 0.2) is 0 Å². The normalized spacial score (nSPS) is 12.3. The van der Waals surface area contributed by atoms with Crippen LogP contribution in [0.2, 0.25) is 0 Å². The van der Waals surface area contributed by atoms with Crippen LogP contribution in [0.25, 0.3) is 0 Å². The van der Waals surface area contributed by atoms with Gasteiger partial charge in [-0.2, -0.15) is 4.72 Å². The monoisotopic (exact) mass is 357 g/mol. The number of rotatable bonds is 8. The lowest BCUT2D eigenvalue weighted by molar-refractivity contribution is -0.122. The highest BCUT2D eigenvalue weighted by Crippen LogP contribution is 2.27. The highest BCUT2D eigenvalue weighted by atomic mass is 32.2. The third kappa shape index (κ3) is 5.50. The topological polar surface area (TPSA) is 114 Å². The van der Waals surface area contributed by atoms with E-state index in [1.54, 1.807) is 0 Å². The predicted molar refractivity (Wildman–Crippen MR) is 90.4 cm³/mol. The molecule has 0 unspecified atom stereocenters. The fraction of sp³-hybridized carbons (Fsp3) is 0.467. The molecule has 0 saturated carbocycles. The van der Waals surface area contributed by atoms with E-state index in [4.69, 9.17) is 4.74 Å². The molecule has 0 aliphatic heterocycles. The maximum Gasteiger partial charge on any atom is 0.241 e. The summed E-state index contributed by atoms with van der Waals surface area (Å²) in [4.78, 5) is 23.0. The SMILES string of the molecule is CCCNC(=O)[C@H](C)NS(=O)(=O)c1ccc(OC)c(NC(C)=O)c1. The Morgan fingerprint density at radius 2 is 1.96 bits per heavy atom. The maximum atomic E-state index is 12.4. The summed E-state index contributed by atoms with van der Waals surface area (Å²) in [7, 11) is -2.52. The van der Waals surface area contributed by atoms with Crippen LogP contribution in [0.15, 0.2) is 23.1 Å². The summed E-state index contributed by atoms with van der Waals surface area (Å²) in [5.74, 6) is -0.433. The Hall–Kier alpha value is -2.13. The third-order valence-electron chi connectivity index (χ3n) is 3.07. The van der Waals surface area contributed by atoms with Gasteiger partial charge in [0.25, 0.3) is 0 Å². The van der Waals surface area contributed by atoms with Gasteiger partial charge >= 0.3 is 0 Å². The van der Waals surface area contributed by atoms with Gasteiger partial charge in [-0.05, 0) is 31.5 Å². The lowest BCUT2D eigenvalue weighted by atomic mass is 10.3. The first-order valence-electron chi connectivity index (χ1n) is 7.47. The predicted octanol–water partition coefficient (Wildman–Crippen LogP) is 0.847. The number of sulfonamides is 1. The van der Waals surface area contributed by atoms with Crippen molar-refractivity contribution >= 4 is 27.5 Å². The minimum atomic E-state index is -3.93. The summed E-state index contributed by atoms with van der Waals surface area (Å²) >= 11 is 0. The van der Waals surface area contributed by atoms with Crippen LogP contribution < -0.4 is 20.1 Å². The van der Waals surface area contributed by atoms with Crippen LogP contribution in [0.4, 0.5) is 5.69 Å². The highest BCUT2D eigenvalue weighted by Gasteiger charge is 2.23. The van der Waals surface area contributed by atoms with Crippen LogP contribution in [-0.4, -0.2) is 39.9 Å². The van der Waals surface area contributed by atoms with Gasteiger partial charge in [0.1, 0.15) is 5.75 Å². The zero-order chi connectivity index (χ0) is 18.3. The Morgan fingerprint density at radius 3 is 2.50 bits per heavy atom. The van der Waals surface area contributed by atoms with Crippen LogP contribution >= 0.6 is 0 Å². The Balaban J connectivity index is 3.01. The molecule has 1 atom stereocenters. The Morgan fingerprint density at radius 1 is 1.29 bits per heavy atom. The molecular weight excluding hydrogens is 334 g/mol. The average molecular weight is 357 g/mol. The lowest BCUT2D eigenvalue weighted by Gasteiger charge is -2.15. The first kappa shape index (κ1) is 19.9. The van der Waals surface area contributed by atoms with E-state index in [-0.39, 0.29) is 16.5 Å². The van der Waals surface area contributed by atoms with E-state index < -0.39 is 22.0 Å². The number of methoxy groups -OCH3 is 1. The van der Waals surface area contributed by atoms with Gasteiger partial charge < -0.3 is 15.4 Å². The lowest BCUT2D eigenvalue weighted by Crippen LogP contribution is -2.44. The molecular formula is C15H23N3O5S. The van der Waals surface area contributed by atoms with Crippen molar-refractivity contribution in [1.29, 1.82) is 0 Å². The highest BCUT2D eigenvalue weighted by molar-refractivity contribution is 7.89. The summed E-state index contributed by atoms with van der Waals surface area (Å²) in [5.41, 5.74) is 0.232. The maximum absolute atomic E-state index is 12.4. The van der Waals surface area contributed by atoms with Crippen molar-refractivity contribution in [2.45, 2.75) is 38.1 Å². The van der Waals surface area contributed by atoms with Gasteiger partial charge in [-0.25, -0.2) is 8.42 Å². The fourth-order valence-corrected chi connectivity index (χ4v) is 3.13. The molecule has 0 radical (unpaired) electrons. The molecule has 3 N–H and O–H groups in total. The van der Waals surface area contributed by atoms with E-state index in [0.717, 1.165) is 6.42 Å². The zero-order valence-electron chi connectivity index (χ0n) is 14.2. The molecule has 0 aliphatic carbocycles. The number of benzene rings is 1. The number of carbonyl (C=O) groups excluding carboxylic acids is 2. The van der Waals surface area contributed by atoms with Crippen molar-refractivity contribution in [3.05, 3.63) is 18.2 Å². The molecule has 0 fully saturated rings. The van der Waals surface area contributed by atoms with Gasteiger partial charge in [0, 0.05) is 13.5 Å². The summed E-state index contributed by atoms with van der Waals surface area (Å²) in [6.07, 6.45) is 0.754. The van der Waals surface area contributed by atoms with Crippen LogP contribution in [0.5, 0.6) is 5.75 Å². The Bertz CT molecular complexity index is 703. The molecule has 24 heavy (non-hydrogen) atoms. The fourth-order valence-electron chi connectivity index (χ4n) is 1.90. The van der Waals surface area contributed by atoms with Crippen molar-refractivity contribution in [3.63, 3.8) is 0 Å². The molecule has 2 amide bonds. The van der Waals surface area contributed by atoms with Crippen molar-refractivity contribution in [2.75, 3.05) is 19.0 Å². The average Bonchev–Trinajstić information content (AvgIpc) is 2.51. The minimum Gasteiger partial charge on any atom is -0.495 e. The van der Waals surface area contributed by atoms with Gasteiger partial charge in [0.05, 0.1) is 23.7 Å². The summed E-state index contributed by atoms with van der Waals surface area (Å²) in [6.45, 7) is 5.13. The van der Waals surface area contributed by atoms with Gasteiger partial charge in [-0.15, -0.1) is 0 Å². The number of amides is 2.